The zero-order valence-electron chi connectivity index (χ0n) is 18.7. The molecule has 1 unspecified atom stereocenters. The van der Waals surface area contributed by atoms with Crippen LogP contribution < -0.4 is 4.90 Å². The Morgan fingerprint density at radius 2 is 2.03 bits per heavy atom. The van der Waals surface area contributed by atoms with Crippen LogP contribution in [-0.2, 0) is 23.8 Å². The van der Waals surface area contributed by atoms with Crippen LogP contribution in [0.1, 0.15) is 24.0 Å². The number of benzene rings is 2. The van der Waals surface area contributed by atoms with E-state index in [2.05, 4.69) is 16.1 Å². The number of hydrogen-bond donors (Lipinski definition) is 0. The van der Waals surface area contributed by atoms with Gasteiger partial charge in [0.15, 0.2) is 0 Å². The Labute approximate surface area is 197 Å². The number of amides is 1. The molecule has 3 aliphatic heterocycles. The summed E-state index contributed by atoms with van der Waals surface area (Å²) >= 11 is 2.02. The Hall–Kier alpha value is -2.64. The molecular formula is C26H27FN4OS. The van der Waals surface area contributed by atoms with Gasteiger partial charge in [0.1, 0.15) is 11.2 Å². The van der Waals surface area contributed by atoms with Crippen LogP contribution in [0.2, 0.25) is 0 Å². The van der Waals surface area contributed by atoms with Crippen LogP contribution in [0.3, 0.4) is 0 Å². The molecule has 1 amide bonds. The van der Waals surface area contributed by atoms with Crippen LogP contribution in [0.25, 0.3) is 11.1 Å². The number of thioether (sulfide) groups is 1. The Kier molecular flexibility index (Phi) is 5.07. The lowest BCUT2D eigenvalue weighted by Crippen LogP contribution is -2.66. The molecule has 4 heterocycles. The van der Waals surface area contributed by atoms with Crippen LogP contribution in [0.4, 0.5) is 10.1 Å². The van der Waals surface area contributed by atoms with E-state index >= 15 is 4.39 Å². The number of hydrogen-bond acceptors (Lipinski definition) is 4. The highest BCUT2D eigenvalue weighted by atomic mass is 32.2. The summed E-state index contributed by atoms with van der Waals surface area (Å²) in [5.74, 6) is 2.22. The second-order valence-corrected chi connectivity index (χ2v) is 10.6. The maximum atomic E-state index is 15.1. The van der Waals surface area contributed by atoms with Crippen molar-refractivity contribution in [2.75, 3.05) is 29.5 Å². The second-order valence-electron chi connectivity index (χ2n) is 9.48. The van der Waals surface area contributed by atoms with Crippen molar-refractivity contribution in [2.24, 2.45) is 7.05 Å². The highest BCUT2D eigenvalue weighted by Crippen LogP contribution is 2.49. The summed E-state index contributed by atoms with van der Waals surface area (Å²) < 4.78 is 16.8. The van der Waals surface area contributed by atoms with E-state index in [0.29, 0.717) is 11.6 Å². The first-order valence-corrected chi connectivity index (χ1v) is 12.7. The SMILES string of the molecule is Cn1cc(-c2ccc(CN3C(=O)C4(CN(C5CCCSC5)C4)c4ccccc43)c(F)c2)cn1. The number of carbonyl (C=O) groups excluding carboxylic acids is 1. The Morgan fingerprint density at radius 3 is 2.76 bits per heavy atom. The maximum Gasteiger partial charge on any atom is 0.240 e. The topological polar surface area (TPSA) is 41.4 Å². The average Bonchev–Trinajstić information content (AvgIpc) is 3.34. The fourth-order valence-electron chi connectivity index (χ4n) is 5.57. The van der Waals surface area contributed by atoms with Gasteiger partial charge in [-0.25, -0.2) is 4.39 Å². The number of aromatic nitrogens is 2. The summed E-state index contributed by atoms with van der Waals surface area (Å²) in [6.45, 7) is 1.79. The fraction of sp³-hybridized carbons (Fsp3) is 0.385. The average molecular weight is 463 g/mol. The van der Waals surface area contributed by atoms with Gasteiger partial charge in [0, 0.05) is 54.9 Å². The van der Waals surface area contributed by atoms with Gasteiger partial charge in [0.25, 0.3) is 0 Å². The van der Waals surface area contributed by atoms with Gasteiger partial charge in [-0.15, -0.1) is 0 Å². The summed E-state index contributed by atoms with van der Waals surface area (Å²) in [6, 6.07) is 13.9. The van der Waals surface area contributed by atoms with Gasteiger partial charge in [0.2, 0.25) is 5.91 Å². The van der Waals surface area contributed by atoms with Gasteiger partial charge in [-0.2, -0.15) is 16.9 Å². The second kappa shape index (κ2) is 7.99. The van der Waals surface area contributed by atoms with Crippen molar-refractivity contribution >= 4 is 23.4 Å². The first-order valence-electron chi connectivity index (χ1n) is 11.6. The summed E-state index contributed by atoms with van der Waals surface area (Å²) in [5, 5.41) is 4.17. The summed E-state index contributed by atoms with van der Waals surface area (Å²) in [5.41, 5.74) is 3.74. The number of nitrogens with zero attached hydrogens (tertiary/aromatic N) is 4. The van der Waals surface area contributed by atoms with Crippen molar-refractivity contribution < 1.29 is 9.18 Å². The number of likely N-dealkylation sites (tertiary alicyclic amines) is 1. The van der Waals surface area contributed by atoms with Crippen LogP contribution in [-0.4, -0.2) is 51.2 Å². The van der Waals surface area contributed by atoms with Crippen LogP contribution in [0, 0.1) is 5.82 Å². The predicted molar refractivity (Wildman–Crippen MR) is 130 cm³/mol. The van der Waals surface area contributed by atoms with Crippen LogP contribution in [0.5, 0.6) is 0 Å². The quantitative estimate of drug-likeness (QED) is 0.582. The molecule has 0 saturated carbocycles. The minimum atomic E-state index is -0.481. The number of halogens is 1. The molecule has 0 bridgehead atoms. The van der Waals surface area contributed by atoms with Crippen molar-refractivity contribution in [3.05, 3.63) is 71.8 Å². The number of aryl methyl sites for hydroxylation is 1. The molecule has 0 N–H and O–H groups in total. The van der Waals surface area contributed by atoms with Crippen molar-refractivity contribution in [3.8, 4) is 11.1 Å². The molecule has 7 heteroatoms. The lowest BCUT2D eigenvalue weighted by Gasteiger charge is -2.51. The molecule has 5 nitrogen and oxygen atoms in total. The largest absolute Gasteiger partial charge is 0.307 e. The molecule has 2 aromatic carbocycles. The minimum absolute atomic E-state index is 0.110. The molecule has 33 heavy (non-hydrogen) atoms. The maximum absolute atomic E-state index is 15.1. The number of para-hydroxylation sites is 1. The molecule has 170 valence electrons. The summed E-state index contributed by atoms with van der Waals surface area (Å²) in [4.78, 5) is 18.0. The standard InChI is InChI=1S/C26H27FN4OS/c1-29-13-20(12-28-29)18-8-9-19(23(27)11-18)14-31-24-7-3-2-6-22(24)26(25(31)32)16-30(17-26)21-5-4-10-33-15-21/h2-3,6-9,11-13,21H,4-5,10,14-17H2,1H3. The van der Waals surface area contributed by atoms with Crippen LogP contribution in [0.15, 0.2) is 54.9 Å². The van der Waals surface area contributed by atoms with Crippen molar-refractivity contribution in [1.82, 2.24) is 14.7 Å². The summed E-state index contributed by atoms with van der Waals surface area (Å²) in [6.07, 6.45) is 6.07. The molecule has 2 fully saturated rings. The van der Waals surface area contributed by atoms with Gasteiger partial charge in [-0.3, -0.25) is 14.4 Å². The molecule has 1 spiro atoms. The molecule has 1 aromatic heterocycles. The highest BCUT2D eigenvalue weighted by Gasteiger charge is 2.58. The third kappa shape index (κ3) is 3.40. The highest BCUT2D eigenvalue weighted by molar-refractivity contribution is 7.99. The van der Waals surface area contributed by atoms with E-state index in [9.17, 15) is 4.79 Å². The van der Waals surface area contributed by atoms with Crippen molar-refractivity contribution in [2.45, 2.75) is 30.8 Å². The molecule has 6 rings (SSSR count). The Morgan fingerprint density at radius 1 is 1.18 bits per heavy atom. The predicted octanol–water partition coefficient (Wildman–Crippen LogP) is 4.22. The molecule has 3 aliphatic rings. The Balaban J connectivity index is 1.26. The minimum Gasteiger partial charge on any atom is -0.307 e. The number of fused-ring (bicyclic) bond motifs is 2. The van der Waals surface area contributed by atoms with Crippen LogP contribution >= 0.6 is 11.8 Å². The zero-order chi connectivity index (χ0) is 22.6. The van der Waals surface area contributed by atoms with Gasteiger partial charge >= 0.3 is 0 Å². The van der Waals surface area contributed by atoms with E-state index in [0.717, 1.165) is 41.2 Å². The van der Waals surface area contributed by atoms with E-state index in [1.165, 1.54) is 18.6 Å². The zero-order valence-corrected chi connectivity index (χ0v) is 19.5. The number of rotatable bonds is 4. The molecule has 0 radical (unpaired) electrons. The molecule has 1 atom stereocenters. The van der Waals surface area contributed by atoms with E-state index in [-0.39, 0.29) is 18.3 Å². The van der Waals surface area contributed by atoms with Gasteiger partial charge in [-0.1, -0.05) is 30.3 Å². The van der Waals surface area contributed by atoms with Crippen molar-refractivity contribution in [3.63, 3.8) is 0 Å². The normalized spacial score (nSPS) is 21.9. The van der Waals surface area contributed by atoms with Gasteiger partial charge < -0.3 is 4.90 Å². The smallest absolute Gasteiger partial charge is 0.240 e. The number of anilines is 1. The summed E-state index contributed by atoms with van der Waals surface area (Å²) in [7, 11) is 1.84. The van der Waals surface area contributed by atoms with Crippen molar-refractivity contribution in [1.29, 1.82) is 0 Å². The molecule has 0 aliphatic carbocycles. The Bertz CT molecular complexity index is 1210. The third-order valence-corrected chi connectivity index (χ3v) is 8.58. The lowest BCUT2D eigenvalue weighted by molar-refractivity contribution is -0.130. The molecule has 3 aromatic rings. The van der Waals surface area contributed by atoms with E-state index in [4.69, 9.17) is 0 Å². The van der Waals surface area contributed by atoms with Gasteiger partial charge in [0.05, 0.1) is 12.7 Å². The third-order valence-electron chi connectivity index (χ3n) is 7.38. The first-order chi connectivity index (χ1) is 16.0. The molecule has 2 saturated heterocycles. The lowest BCUT2D eigenvalue weighted by atomic mass is 9.73. The molecular weight excluding hydrogens is 435 g/mol. The van der Waals surface area contributed by atoms with E-state index in [1.807, 2.05) is 49.3 Å². The fourth-order valence-corrected chi connectivity index (χ4v) is 6.76. The van der Waals surface area contributed by atoms with Gasteiger partial charge in [-0.05, 0) is 41.9 Å². The first kappa shape index (κ1) is 20.9. The number of carbonyl (C=O) groups is 1. The van der Waals surface area contributed by atoms with E-state index in [1.54, 1.807) is 27.9 Å². The van der Waals surface area contributed by atoms with E-state index < -0.39 is 5.41 Å². The monoisotopic (exact) mass is 462 g/mol.